The predicted octanol–water partition coefficient (Wildman–Crippen LogP) is 3.72. The maximum absolute atomic E-state index is 13.0. The second-order valence-corrected chi connectivity index (χ2v) is 7.95. The zero-order valence-electron chi connectivity index (χ0n) is 19.0. The molecule has 0 aliphatic rings. The topological polar surface area (TPSA) is 94.7 Å². The maximum atomic E-state index is 13.0. The largest absolute Gasteiger partial charge is 0.346 e. The molecule has 0 saturated heterocycles. The monoisotopic (exact) mass is 462 g/mol. The molecule has 0 fully saturated rings. The minimum absolute atomic E-state index is 0.166. The molecule has 8 heteroatoms. The van der Waals surface area contributed by atoms with Crippen molar-refractivity contribution in [3.8, 4) is 22.6 Å². The molecule has 0 atom stereocenters. The molecule has 0 aliphatic heterocycles. The van der Waals surface area contributed by atoms with E-state index in [9.17, 15) is 9.59 Å². The van der Waals surface area contributed by atoms with Gasteiger partial charge in [0.15, 0.2) is 5.69 Å². The number of aromatic nitrogens is 5. The summed E-state index contributed by atoms with van der Waals surface area (Å²) in [6.07, 6.45) is 5.26. The second-order valence-electron chi connectivity index (χ2n) is 7.95. The minimum Gasteiger partial charge on any atom is -0.346 e. The van der Waals surface area contributed by atoms with Gasteiger partial charge in [-0.05, 0) is 43.3 Å². The van der Waals surface area contributed by atoms with Crippen LogP contribution in [0.1, 0.15) is 21.7 Å². The van der Waals surface area contributed by atoms with E-state index < -0.39 is 11.3 Å². The van der Waals surface area contributed by atoms with Crippen molar-refractivity contribution in [3.63, 3.8) is 0 Å². The van der Waals surface area contributed by atoms with Crippen LogP contribution in [-0.2, 0) is 6.54 Å². The van der Waals surface area contributed by atoms with Crippen LogP contribution < -0.4 is 10.7 Å². The fraction of sp³-hybridized carbons (Fsp3) is 0.0741. The van der Waals surface area contributed by atoms with Crippen LogP contribution in [0.5, 0.6) is 0 Å². The third kappa shape index (κ3) is 4.63. The molecule has 0 unspecified atom stereocenters. The number of benzene rings is 2. The predicted molar refractivity (Wildman–Crippen MR) is 133 cm³/mol. The molecule has 5 rings (SSSR count). The molecule has 0 bridgehead atoms. The van der Waals surface area contributed by atoms with E-state index in [-0.39, 0.29) is 12.2 Å². The molecule has 35 heavy (non-hydrogen) atoms. The summed E-state index contributed by atoms with van der Waals surface area (Å²) in [5.74, 6) is -0.548. The van der Waals surface area contributed by atoms with Crippen molar-refractivity contribution in [1.82, 2.24) is 29.9 Å². The SMILES string of the molecule is Cc1cc(=O)c(C(=O)NCc2cn(-c3ccccc3)nc2-c2ccncc2)nn1-c1ccccc1. The summed E-state index contributed by atoms with van der Waals surface area (Å²) < 4.78 is 3.36. The number of nitrogens with one attached hydrogen (secondary N) is 1. The van der Waals surface area contributed by atoms with E-state index in [4.69, 9.17) is 5.10 Å². The lowest BCUT2D eigenvalue weighted by atomic mass is 10.1. The van der Waals surface area contributed by atoms with Crippen LogP contribution in [-0.4, -0.2) is 30.5 Å². The normalized spacial score (nSPS) is 10.8. The number of para-hydroxylation sites is 2. The van der Waals surface area contributed by atoms with Gasteiger partial charge in [0.05, 0.1) is 17.1 Å². The zero-order chi connectivity index (χ0) is 24.2. The first-order valence-electron chi connectivity index (χ1n) is 11.1. The van der Waals surface area contributed by atoms with E-state index in [1.165, 1.54) is 6.07 Å². The number of pyridine rings is 1. The van der Waals surface area contributed by atoms with Crippen molar-refractivity contribution >= 4 is 5.91 Å². The van der Waals surface area contributed by atoms with Crippen LogP contribution in [0.3, 0.4) is 0 Å². The van der Waals surface area contributed by atoms with Gasteiger partial charge in [0.1, 0.15) is 0 Å². The molecule has 172 valence electrons. The molecule has 0 spiro atoms. The van der Waals surface area contributed by atoms with Gasteiger partial charge in [-0.1, -0.05) is 36.4 Å². The molecule has 0 radical (unpaired) electrons. The summed E-state index contributed by atoms with van der Waals surface area (Å²) in [5.41, 5.74) is 4.09. The van der Waals surface area contributed by atoms with Gasteiger partial charge in [-0.3, -0.25) is 14.6 Å². The molecule has 5 aromatic rings. The molecule has 0 aliphatic carbocycles. The number of amides is 1. The highest BCUT2D eigenvalue weighted by Crippen LogP contribution is 2.23. The van der Waals surface area contributed by atoms with E-state index in [2.05, 4.69) is 15.4 Å². The number of hydrogen-bond acceptors (Lipinski definition) is 5. The first-order valence-corrected chi connectivity index (χ1v) is 11.1. The quantitative estimate of drug-likeness (QED) is 0.415. The van der Waals surface area contributed by atoms with Crippen LogP contribution in [0.4, 0.5) is 0 Å². The van der Waals surface area contributed by atoms with Gasteiger partial charge in [-0.25, -0.2) is 9.36 Å². The fourth-order valence-corrected chi connectivity index (χ4v) is 3.80. The lowest BCUT2D eigenvalue weighted by Crippen LogP contribution is -2.31. The molecule has 8 nitrogen and oxygen atoms in total. The Kier molecular flexibility index (Phi) is 6.00. The van der Waals surface area contributed by atoms with Crippen LogP contribution >= 0.6 is 0 Å². The second kappa shape index (κ2) is 9.56. The van der Waals surface area contributed by atoms with Gasteiger partial charge < -0.3 is 5.32 Å². The van der Waals surface area contributed by atoms with Crippen LogP contribution in [0.25, 0.3) is 22.6 Å². The number of aryl methyl sites for hydroxylation is 1. The Morgan fingerprint density at radius 1 is 0.886 bits per heavy atom. The molecule has 0 saturated carbocycles. The summed E-state index contributed by atoms with van der Waals surface area (Å²) >= 11 is 0. The zero-order valence-corrected chi connectivity index (χ0v) is 19.0. The third-order valence-electron chi connectivity index (χ3n) is 5.53. The summed E-state index contributed by atoms with van der Waals surface area (Å²) in [7, 11) is 0. The van der Waals surface area contributed by atoms with Crippen molar-refractivity contribution in [2.45, 2.75) is 13.5 Å². The Hall–Kier alpha value is -4.85. The highest BCUT2D eigenvalue weighted by molar-refractivity contribution is 5.92. The molecular weight excluding hydrogens is 440 g/mol. The highest BCUT2D eigenvalue weighted by atomic mass is 16.2. The lowest BCUT2D eigenvalue weighted by Gasteiger charge is -2.11. The molecular formula is C27H22N6O2. The van der Waals surface area contributed by atoms with Crippen molar-refractivity contribution in [3.05, 3.63) is 125 Å². The lowest BCUT2D eigenvalue weighted by molar-refractivity contribution is 0.0943. The first kappa shape index (κ1) is 22.0. The number of carbonyl (C=O) groups is 1. The van der Waals surface area contributed by atoms with Crippen molar-refractivity contribution in [1.29, 1.82) is 0 Å². The Labute approximate surface area is 201 Å². The molecule has 3 heterocycles. The maximum Gasteiger partial charge on any atom is 0.276 e. The highest BCUT2D eigenvalue weighted by Gasteiger charge is 2.18. The summed E-state index contributed by atoms with van der Waals surface area (Å²) in [4.78, 5) is 29.7. The Bertz CT molecular complexity index is 1530. The molecule has 3 aromatic heterocycles. The van der Waals surface area contributed by atoms with Crippen LogP contribution in [0.15, 0.2) is 102 Å². The van der Waals surface area contributed by atoms with E-state index in [1.54, 1.807) is 28.7 Å². The molecule has 1 N–H and O–H groups in total. The van der Waals surface area contributed by atoms with Crippen molar-refractivity contribution in [2.24, 2.45) is 0 Å². The van der Waals surface area contributed by atoms with Crippen LogP contribution in [0, 0.1) is 6.92 Å². The number of nitrogens with zero attached hydrogens (tertiary/aromatic N) is 5. The number of rotatable bonds is 6. The Balaban J connectivity index is 1.45. The fourth-order valence-electron chi connectivity index (χ4n) is 3.80. The van der Waals surface area contributed by atoms with Crippen molar-refractivity contribution in [2.75, 3.05) is 0 Å². The van der Waals surface area contributed by atoms with Gasteiger partial charge in [-0.2, -0.15) is 10.2 Å². The average Bonchev–Trinajstić information content (AvgIpc) is 3.33. The Morgan fingerprint density at radius 2 is 1.54 bits per heavy atom. The van der Waals surface area contributed by atoms with Gasteiger partial charge in [0, 0.05) is 48.0 Å². The smallest absolute Gasteiger partial charge is 0.276 e. The third-order valence-corrected chi connectivity index (χ3v) is 5.53. The standard InChI is InChI=1S/C27H22N6O2/c1-19-16-24(34)26(31-33(19)23-10-6-3-7-11-23)27(35)29-17-21-18-32(22-8-4-2-5-9-22)30-25(21)20-12-14-28-15-13-20/h2-16,18H,17H2,1H3,(H,29,35). The Morgan fingerprint density at radius 3 is 2.23 bits per heavy atom. The summed E-state index contributed by atoms with van der Waals surface area (Å²) in [5, 5.41) is 11.9. The van der Waals surface area contributed by atoms with Gasteiger partial charge in [0.2, 0.25) is 5.43 Å². The number of hydrogen-bond donors (Lipinski definition) is 1. The minimum atomic E-state index is -0.548. The van der Waals surface area contributed by atoms with E-state index in [0.29, 0.717) is 5.69 Å². The van der Waals surface area contributed by atoms with Gasteiger partial charge in [-0.15, -0.1) is 0 Å². The van der Waals surface area contributed by atoms with Gasteiger partial charge in [0.25, 0.3) is 5.91 Å². The summed E-state index contributed by atoms with van der Waals surface area (Å²) in [6.45, 7) is 1.95. The van der Waals surface area contributed by atoms with E-state index >= 15 is 0 Å². The van der Waals surface area contributed by atoms with Crippen molar-refractivity contribution < 1.29 is 4.79 Å². The van der Waals surface area contributed by atoms with E-state index in [1.807, 2.05) is 79.0 Å². The van der Waals surface area contributed by atoms with Crippen LogP contribution in [0.2, 0.25) is 0 Å². The first-order chi connectivity index (χ1) is 17.1. The number of carbonyl (C=O) groups excluding carboxylic acids is 1. The van der Waals surface area contributed by atoms with E-state index in [0.717, 1.165) is 28.2 Å². The van der Waals surface area contributed by atoms with Gasteiger partial charge >= 0.3 is 0 Å². The molecule has 1 amide bonds. The average molecular weight is 463 g/mol. The molecule has 2 aromatic carbocycles. The summed E-state index contributed by atoms with van der Waals surface area (Å²) in [6, 6.07) is 24.2.